The topological polar surface area (TPSA) is 50.9 Å². The Balaban J connectivity index is 2.00. The molecule has 3 aromatic rings. The van der Waals surface area contributed by atoms with Crippen molar-refractivity contribution in [3.8, 4) is 0 Å². The average Bonchev–Trinajstić information content (AvgIpc) is 3.01. The number of hydrogen-bond donors (Lipinski definition) is 2. The lowest BCUT2D eigenvalue weighted by molar-refractivity contribution is 0.765. The van der Waals surface area contributed by atoms with Gasteiger partial charge in [0, 0.05) is 22.1 Å². The van der Waals surface area contributed by atoms with Crippen LogP contribution in [0.5, 0.6) is 0 Å². The molecule has 1 aromatic carbocycles. The Labute approximate surface area is 122 Å². The maximum absolute atomic E-state index is 5.99. The van der Waals surface area contributed by atoms with Crippen LogP contribution in [0.25, 0.3) is 10.9 Å². The van der Waals surface area contributed by atoms with Crippen LogP contribution in [0.1, 0.15) is 24.3 Å². The van der Waals surface area contributed by atoms with Gasteiger partial charge in [0.2, 0.25) is 0 Å². The number of nitrogen functional groups attached to an aromatic ring is 1. The summed E-state index contributed by atoms with van der Waals surface area (Å²) in [4.78, 5) is 5.72. The summed E-state index contributed by atoms with van der Waals surface area (Å²) in [5.74, 6) is 0. The summed E-state index contributed by atoms with van der Waals surface area (Å²) in [6.07, 6.45) is 2.81. The average molecular weight is 283 g/mol. The Bertz CT molecular complexity index is 707. The number of fused-ring (bicyclic) bond motifs is 1. The molecule has 0 saturated carbocycles. The molecule has 2 aromatic heterocycles. The van der Waals surface area contributed by atoms with Crippen molar-refractivity contribution in [1.29, 1.82) is 0 Å². The van der Waals surface area contributed by atoms with Crippen molar-refractivity contribution >= 4 is 33.6 Å². The number of benzene rings is 1. The van der Waals surface area contributed by atoms with E-state index in [4.69, 9.17) is 5.73 Å². The minimum Gasteiger partial charge on any atom is -0.397 e. The lowest BCUT2D eigenvalue weighted by Crippen LogP contribution is -2.08. The van der Waals surface area contributed by atoms with E-state index in [0.717, 1.165) is 28.7 Å². The summed E-state index contributed by atoms with van der Waals surface area (Å²) in [5, 5.41) is 6.80. The second-order valence-electron chi connectivity index (χ2n) is 4.72. The molecule has 3 N–H and O–H groups in total. The largest absolute Gasteiger partial charge is 0.397 e. The summed E-state index contributed by atoms with van der Waals surface area (Å²) >= 11 is 1.78. The lowest BCUT2D eigenvalue weighted by atomic mass is 10.1. The van der Waals surface area contributed by atoms with Crippen LogP contribution >= 0.6 is 11.3 Å². The maximum Gasteiger partial charge on any atom is 0.0951 e. The van der Waals surface area contributed by atoms with Crippen LogP contribution < -0.4 is 11.1 Å². The fraction of sp³-hybridized carbons (Fsp3) is 0.188. The van der Waals surface area contributed by atoms with Gasteiger partial charge in [0.1, 0.15) is 0 Å². The minimum atomic E-state index is 0.321. The van der Waals surface area contributed by atoms with E-state index in [2.05, 4.69) is 40.8 Å². The first-order valence-electron chi connectivity index (χ1n) is 6.72. The predicted octanol–water partition coefficient (Wildman–Crippen LogP) is 4.44. The summed E-state index contributed by atoms with van der Waals surface area (Å²) < 4.78 is 0. The van der Waals surface area contributed by atoms with E-state index < -0.39 is 0 Å². The molecule has 2 heterocycles. The Morgan fingerprint density at radius 1 is 1.25 bits per heavy atom. The molecule has 4 heteroatoms. The summed E-state index contributed by atoms with van der Waals surface area (Å²) in [5.41, 5.74) is 8.66. The third kappa shape index (κ3) is 2.34. The smallest absolute Gasteiger partial charge is 0.0951 e. The fourth-order valence-electron chi connectivity index (χ4n) is 2.37. The Morgan fingerprint density at radius 3 is 2.90 bits per heavy atom. The highest BCUT2D eigenvalue weighted by atomic mass is 32.1. The first-order chi connectivity index (χ1) is 9.79. The van der Waals surface area contributed by atoms with Gasteiger partial charge in [0.25, 0.3) is 0 Å². The van der Waals surface area contributed by atoms with E-state index >= 15 is 0 Å². The normalized spacial score (nSPS) is 12.4. The van der Waals surface area contributed by atoms with Crippen LogP contribution in [0.15, 0.2) is 48.0 Å². The van der Waals surface area contributed by atoms with Gasteiger partial charge < -0.3 is 11.1 Å². The number of anilines is 2. The van der Waals surface area contributed by atoms with Gasteiger partial charge in [-0.1, -0.05) is 13.0 Å². The number of pyridine rings is 1. The van der Waals surface area contributed by atoms with Crippen LogP contribution in [0.4, 0.5) is 11.4 Å². The van der Waals surface area contributed by atoms with Gasteiger partial charge >= 0.3 is 0 Å². The highest BCUT2D eigenvalue weighted by Gasteiger charge is 2.12. The van der Waals surface area contributed by atoms with Gasteiger partial charge in [0.15, 0.2) is 0 Å². The lowest BCUT2D eigenvalue weighted by Gasteiger charge is -2.18. The molecule has 20 heavy (non-hydrogen) atoms. The number of rotatable bonds is 4. The molecule has 0 spiro atoms. The van der Waals surface area contributed by atoms with E-state index in [1.165, 1.54) is 4.88 Å². The highest BCUT2D eigenvalue weighted by Crippen LogP contribution is 2.31. The number of nitrogens with two attached hydrogens (primary N) is 1. The van der Waals surface area contributed by atoms with Gasteiger partial charge in [-0.3, -0.25) is 4.98 Å². The molecule has 0 aliphatic rings. The van der Waals surface area contributed by atoms with Gasteiger partial charge in [0.05, 0.1) is 17.2 Å². The number of nitrogens with one attached hydrogen (secondary N) is 1. The molecule has 0 aliphatic carbocycles. The second kappa shape index (κ2) is 5.51. The van der Waals surface area contributed by atoms with Crippen molar-refractivity contribution in [1.82, 2.24) is 4.98 Å². The SMILES string of the molecule is CCC(Nc1ccc(N)c2ncccc12)c1cccs1. The fourth-order valence-corrected chi connectivity index (χ4v) is 3.23. The first-order valence-corrected chi connectivity index (χ1v) is 7.60. The number of hydrogen-bond acceptors (Lipinski definition) is 4. The summed E-state index contributed by atoms with van der Waals surface area (Å²) in [7, 11) is 0. The van der Waals surface area contributed by atoms with Crippen molar-refractivity contribution in [3.05, 3.63) is 52.9 Å². The summed E-state index contributed by atoms with van der Waals surface area (Å²) in [6, 6.07) is 12.5. The van der Waals surface area contributed by atoms with Gasteiger partial charge in [-0.25, -0.2) is 0 Å². The Morgan fingerprint density at radius 2 is 2.15 bits per heavy atom. The Kier molecular flexibility index (Phi) is 3.56. The quantitative estimate of drug-likeness (QED) is 0.696. The molecule has 0 aliphatic heterocycles. The van der Waals surface area contributed by atoms with E-state index in [-0.39, 0.29) is 0 Å². The number of nitrogens with zero attached hydrogens (tertiary/aromatic N) is 1. The van der Waals surface area contributed by atoms with Crippen LogP contribution in [0.3, 0.4) is 0 Å². The monoisotopic (exact) mass is 283 g/mol. The molecular weight excluding hydrogens is 266 g/mol. The maximum atomic E-state index is 5.99. The molecule has 1 atom stereocenters. The molecule has 0 bridgehead atoms. The zero-order valence-corrected chi connectivity index (χ0v) is 12.2. The van der Waals surface area contributed by atoms with Crippen LogP contribution in [0, 0.1) is 0 Å². The first kappa shape index (κ1) is 12.9. The van der Waals surface area contributed by atoms with E-state index in [9.17, 15) is 0 Å². The third-order valence-corrected chi connectivity index (χ3v) is 4.41. The molecule has 1 unspecified atom stereocenters. The van der Waals surface area contributed by atoms with E-state index in [1.807, 2.05) is 18.2 Å². The number of aromatic nitrogens is 1. The molecule has 0 amide bonds. The molecule has 3 nitrogen and oxygen atoms in total. The van der Waals surface area contributed by atoms with Crippen molar-refractivity contribution in [3.63, 3.8) is 0 Å². The van der Waals surface area contributed by atoms with Crippen molar-refractivity contribution < 1.29 is 0 Å². The zero-order valence-electron chi connectivity index (χ0n) is 11.3. The number of thiophene rings is 1. The van der Waals surface area contributed by atoms with Crippen LogP contribution in [-0.4, -0.2) is 4.98 Å². The van der Waals surface area contributed by atoms with E-state index in [0.29, 0.717) is 6.04 Å². The van der Waals surface area contributed by atoms with Crippen LogP contribution in [0.2, 0.25) is 0 Å². The van der Waals surface area contributed by atoms with Gasteiger partial charge in [-0.05, 0) is 42.1 Å². The van der Waals surface area contributed by atoms with Crippen molar-refractivity contribution in [2.24, 2.45) is 0 Å². The third-order valence-electron chi connectivity index (χ3n) is 3.43. The van der Waals surface area contributed by atoms with Crippen LogP contribution in [-0.2, 0) is 0 Å². The van der Waals surface area contributed by atoms with Gasteiger partial charge in [-0.15, -0.1) is 11.3 Å². The van der Waals surface area contributed by atoms with E-state index in [1.54, 1.807) is 17.5 Å². The second-order valence-corrected chi connectivity index (χ2v) is 5.70. The highest BCUT2D eigenvalue weighted by molar-refractivity contribution is 7.10. The van der Waals surface area contributed by atoms with Crippen molar-refractivity contribution in [2.45, 2.75) is 19.4 Å². The van der Waals surface area contributed by atoms with Gasteiger partial charge in [-0.2, -0.15) is 0 Å². The molecule has 102 valence electrons. The molecule has 0 radical (unpaired) electrons. The Hall–Kier alpha value is -2.07. The predicted molar refractivity (Wildman–Crippen MR) is 87.1 cm³/mol. The molecular formula is C16H17N3S. The molecule has 0 saturated heterocycles. The van der Waals surface area contributed by atoms with Crippen molar-refractivity contribution in [2.75, 3.05) is 11.1 Å². The minimum absolute atomic E-state index is 0.321. The molecule has 0 fully saturated rings. The summed E-state index contributed by atoms with van der Waals surface area (Å²) in [6.45, 7) is 2.19. The molecule has 3 rings (SSSR count). The zero-order chi connectivity index (χ0) is 13.9. The standard InChI is InChI=1S/C16H17N3S/c1-2-13(15-6-4-10-20-15)19-14-8-7-12(17)16-11(14)5-3-9-18-16/h3-10,13,19H,2,17H2,1H3.